The normalized spacial score (nSPS) is 32.7. The van der Waals surface area contributed by atoms with Gasteiger partial charge in [-0.2, -0.15) is 0 Å². The number of hydrogen-bond acceptors (Lipinski definition) is 4. The summed E-state index contributed by atoms with van der Waals surface area (Å²) in [7, 11) is 0. The number of hydrogen-bond donors (Lipinski definition) is 3. The summed E-state index contributed by atoms with van der Waals surface area (Å²) in [6, 6.07) is 8.77. The van der Waals surface area contributed by atoms with Crippen LogP contribution in [0.3, 0.4) is 0 Å². The van der Waals surface area contributed by atoms with Crippen molar-refractivity contribution in [2.45, 2.75) is 38.5 Å². The third kappa shape index (κ3) is 3.23. The number of benzene rings is 1. The highest BCUT2D eigenvalue weighted by Crippen LogP contribution is 2.25. The molecule has 0 aliphatic carbocycles. The summed E-state index contributed by atoms with van der Waals surface area (Å²) in [5, 5.41) is 8.75. The quantitative estimate of drug-likeness (QED) is 0.663. The smallest absolute Gasteiger partial charge is 0.231 e. The molecule has 4 atom stereocenters. The number of fused-ring (bicyclic) bond motifs is 1. The summed E-state index contributed by atoms with van der Waals surface area (Å²) in [4.78, 5) is 12.5. The van der Waals surface area contributed by atoms with E-state index in [2.05, 4.69) is 57.5 Å². The molecule has 2 aliphatic heterocycles. The number of hydrazine groups is 1. The Morgan fingerprint density at radius 2 is 2.05 bits per heavy atom. The Bertz CT molecular complexity index is 521. The van der Waals surface area contributed by atoms with Gasteiger partial charge in [-0.1, -0.05) is 0 Å². The fourth-order valence-corrected chi connectivity index (χ4v) is 3.58. The van der Waals surface area contributed by atoms with Crippen molar-refractivity contribution in [1.29, 1.82) is 0 Å². The van der Waals surface area contributed by atoms with Crippen molar-refractivity contribution >= 4 is 34.2 Å². The number of nitrogens with zero attached hydrogens (tertiary/aromatic N) is 1. The molecule has 2 saturated heterocycles. The third-order valence-electron chi connectivity index (χ3n) is 4.25. The van der Waals surface area contributed by atoms with Crippen molar-refractivity contribution in [3.05, 3.63) is 27.8 Å². The zero-order chi connectivity index (χ0) is 15.0. The number of nitrogens with one attached hydrogen (secondary N) is 3. The maximum atomic E-state index is 12.5. The molecule has 114 valence electrons. The summed E-state index contributed by atoms with van der Waals surface area (Å²) in [5.41, 5.74) is 4.22. The average molecular weight is 400 g/mol. The monoisotopic (exact) mass is 400 g/mol. The molecule has 21 heavy (non-hydrogen) atoms. The van der Waals surface area contributed by atoms with E-state index in [1.165, 1.54) is 0 Å². The van der Waals surface area contributed by atoms with E-state index in [1.807, 2.05) is 24.3 Å². The fourth-order valence-electron chi connectivity index (χ4n) is 3.22. The number of carbonyl (C=O) groups is 1. The van der Waals surface area contributed by atoms with Crippen LogP contribution in [0.5, 0.6) is 0 Å². The van der Waals surface area contributed by atoms with Gasteiger partial charge in [-0.3, -0.25) is 15.5 Å². The lowest BCUT2D eigenvalue weighted by Crippen LogP contribution is -2.60. The molecule has 3 N–H and O–H groups in total. The number of carbonyl (C=O) groups excluding carboxylic acids is 1. The van der Waals surface area contributed by atoms with Gasteiger partial charge >= 0.3 is 0 Å². The molecule has 2 heterocycles. The van der Waals surface area contributed by atoms with Crippen LogP contribution in [0.25, 0.3) is 0 Å². The molecule has 2 fully saturated rings. The molecule has 6 heteroatoms. The van der Waals surface area contributed by atoms with Gasteiger partial charge in [-0.05, 0) is 67.1 Å². The number of amides is 1. The van der Waals surface area contributed by atoms with E-state index >= 15 is 0 Å². The SMILES string of the molecule is CC1CC(C)N2NCC(C(=O)Nc3ccc(I)cc3)C2N1. The lowest BCUT2D eigenvalue weighted by molar-refractivity contribution is -0.121. The van der Waals surface area contributed by atoms with Gasteiger partial charge < -0.3 is 5.32 Å². The second kappa shape index (κ2) is 6.20. The minimum atomic E-state index is -0.0746. The van der Waals surface area contributed by atoms with Gasteiger partial charge in [0.2, 0.25) is 5.91 Å². The second-order valence-electron chi connectivity index (χ2n) is 5.97. The van der Waals surface area contributed by atoms with Crippen LogP contribution in [0.15, 0.2) is 24.3 Å². The van der Waals surface area contributed by atoms with E-state index in [1.54, 1.807) is 0 Å². The maximum absolute atomic E-state index is 12.5. The Balaban J connectivity index is 1.69. The number of anilines is 1. The van der Waals surface area contributed by atoms with Gasteiger partial charge in [0.25, 0.3) is 0 Å². The molecule has 1 aromatic rings. The first-order chi connectivity index (χ1) is 10.0. The lowest BCUT2D eigenvalue weighted by atomic mass is 9.99. The molecule has 2 aliphatic rings. The van der Waals surface area contributed by atoms with Crippen molar-refractivity contribution in [2.75, 3.05) is 11.9 Å². The minimum absolute atomic E-state index is 0.0741. The molecule has 0 radical (unpaired) electrons. The van der Waals surface area contributed by atoms with Crippen LogP contribution in [0.2, 0.25) is 0 Å². The van der Waals surface area contributed by atoms with Crippen molar-refractivity contribution in [3.8, 4) is 0 Å². The van der Waals surface area contributed by atoms with Gasteiger partial charge in [0.1, 0.15) is 0 Å². The van der Waals surface area contributed by atoms with Crippen molar-refractivity contribution in [1.82, 2.24) is 15.8 Å². The predicted molar refractivity (Wildman–Crippen MR) is 91.6 cm³/mol. The van der Waals surface area contributed by atoms with Crippen LogP contribution >= 0.6 is 22.6 Å². The molecule has 3 rings (SSSR count). The summed E-state index contributed by atoms with van der Waals surface area (Å²) < 4.78 is 1.16. The van der Waals surface area contributed by atoms with Gasteiger partial charge in [-0.25, -0.2) is 5.01 Å². The number of rotatable bonds is 2. The molecule has 5 nitrogen and oxygen atoms in total. The number of halogens is 1. The van der Waals surface area contributed by atoms with Gasteiger partial charge in [-0.15, -0.1) is 0 Å². The molecule has 1 aromatic carbocycles. The van der Waals surface area contributed by atoms with Gasteiger partial charge in [0.15, 0.2) is 0 Å². The fraction of sp³-hybridized carbons (Fsp3) is 0.533. The van der Waals surface area contributed by atoms with Crippen LogP contribution in [0.4, 0.5) is 5.69 Å². The molecule has 0 aromatic heterocycles. The molecule has 0 spiro atoms. The Hall–Kier alpha value is -0.700. The molecule has 0 saturated carbocycles. The highest BCUT2D eigenvalue weighted by Gasteiger charge is 2.44. The van der Waals surface area contributed by atoms with Gasteiger partial charge in [0, 0.05) is 27.9 Å². The van der Waals surface area contributed by atoms with E-state index in [0.29, 0.717) is 18.6 Å². The van der Waals surface area contributed by atoms with E-state index in [0.717, 1.165) is 15.7 Å². The summed E-state index contributed by atoms with van der Waals surface area (Å²) in [6.45, 7) is 5.07. The Kier molecular flexibility index (Phi) is 4.49. The Labute approximate surface area is 139 Å². The van der Waals surface area contributed by atoms with Crippen molar-refractivity contribution in [2.24, 2.45) is 5.92 Å². The van der Waals surface area contributed by atoms with E-state index in [9.17, 15) is 4.79 Å². The zero-order valence-electron chi connectivity index (χ0n) is 12.3. The second-order valence-corrected chi connectivity index (χ2v) is 7.22. The Morgan fingerprint density at radius 1 is 1.33 bits per heavy atom. The van der Waals surface area contributed by atoms with Crippen LogP contribution in [0.1, 0.15) is 20.3 Å². The zero-order valence-corrected chi connectivity index (χ0v) is 14.4. The first-order valence-corrected chi connectivity index (χ1v) is 8.47. The van der Waals surface area contributed by atoms with E-state index < -0.39 is 0 Å². The lowest BCUT2D eigenvalue weighted by Gasteiger charge is -2.40. The summed E-state index contributed by atoms with van der Waals surface area (Å²) >= 11 is 2.26. The standard InChI is InChI=1S/C15H21IN4O/c1-9-7-10(2)20-14(18-9)13(8-17-20)15(21)19-12-5-3-11(16)4-6-12/h3-6,9-10,13-14,17-18H,7-8H2,1-2H3,(H,19,21). The average Bonchev–Trinajstić information content (AvgIpc) is 2.85. The topological polar surface area (TPSA) is 56.4 Å². The largest absolute Gasteiger partial charge is 0.326 e. The first-order valence-electron chi connectivity index (χ1n) is 7.39. The van der Waals surface area contributed by atoms with Crippen LogP contribution in [-0.4, -0.2) is 35.7 Å². The van der Waals surface area contributed by atoms with Crippen molar-refractivity contribution in [3.63, 3.8) is 0 Å². The summed E-state index contributed by atoms with van der Waals surface area (Å²) in [6.07, 6.45) is 1.17. The van der Waals surface area contributed by atoms with Gasteiger partial charge in [0.05, 0.1) is 12.1 Å². The molecular weight excluding hydrogens is 379 g/mol. The van der Waals surface area contributed by atoms with Crippen LogP contribution < -0.4 is 16.1 Å². The minimum Gasteiger partial charge on any atom is -0.326 e. The van der Waals surface area contributed by atoms with Crippen LogP contribution in [0, 0.1) is 9.49 Å². The third-order valence-corrected chi connectivity index (χ3v) is 4.97. The van der Waals surface area contributed by atoms with E-state index in [4.69, 9.17) is 0 Å². The maximum Gasteiger partial charge on any atom is 0.231 e. The Morgan fingerprint density at radius 3 is 2.76 bits per heavy atom. The molecule has 1 amide bonds. The molecule has 4 unspecified atom stereocenters. The van der Waals surface area contributed by atoms with Crippen LogP contribution in [-0.2, 0) is 4.79 Å². The molecular formula is C15H21IN4O. The van der Waals surface area contributed by atoms with E-state index in [-0.39, 0.29) is 18.0 Å². The first kappa shape index (κ1) is 15.2. The van der Waals surface area contributed by atoms with Crippen molar-refractivity contribution < 1.29 is 4.79 Å². The molecule has 0 bridgehead atoms. The highest BCUT2D eigenvalue weighted by molar-refractivity contribution is 14.1. The summed E-state index contributed by atoms with van der Waals surface area (Å²) in [5.74, 6) is -0.000476. The predicted octanol–water partition coefficient (Wildman–Crippen LogP) is 1.76. The highest BCUT2D eigenvalue weighted by atomic mass is 127.